The minimum atomic E-state index is -3.18. The number of aromatic nitrogens is 1. The molecule has 0 aliphatic rings. The monoisotopic (exact) mass is 327 g/mol. The molecule has 4 nitrogen and oxygen atoms in total. The number of halogens is 1. The smallest absolute Gasteiger partial charge is 0.233 e. The summed E-state index contributed by atoms with van der Waals surface area (Å²) in [6, 6.07) is 9.79. The quantitative estimate of drug-likeness (QED) is 0.869. The molecule has 0 bridgehead atoms. The molecule has 18 heavy (non-hydrogen) atoms. The number of benzene rings is 1. The van der Waals surface area contributed by atoms with Gasteiger partial charge < -0.3 is 4.74 Å². The van der Waals surface area contributed by atoms with Crippen LogP contribution in [0.2, 0.25) is 0 Å². The van der Waals surface area contributed by atoms with E-state index in [-0.39, 0.29) is 4.90 Å². The van der Waals surface area contributed by atoms with Gasteiger partial charge in [0, 0.05) is 12.5 Å². The lowest BCUT2D eigenvalue weighted by Gasteiger charge is -2.06. The first-order valence-electron chi connectivity index (χ1n) is 5.05. The highest BCUT2D eigenvalue weighted by molar-refractivity contribution is 9.10. The lowest BCUT2D eigenvalue weighted by atomic mass is 10.3. The zero-order valence-corrected chi connectivity index (χ0v) is 11.9. The molecular formula is C12H10BrNO3S. The van der Waals surface area contributed by atoms with E-state index in [1.54, 1.807) is 24.4 Å². The highest BCUT2D eigenvalue weighted by Gasteiger charge is 2.08. The highest BCUT2D eigenvalue weighted by atomic mass is 79.9. The number of pyridine rings is 1. The van der Waals surface area contributed by atoms with Crippen LogP contribution >= 0.6 is 15.9 Å². The van der Waals surface area contributed by atoms with Gasteiger partial charge in [0.05, 0.1) is 9.37 Å². The molecule has 0 saturated heterocycles. The van der Waals surface area contributed by atoms with Crippen molar-refractivity contribution in [3.05, 3.63) is 47.1 Å². The maximum Gasteiger partial charge on any atom is 0.233 e. The molecule has 94 valence electrons. The second-order valence-corrected chi connectivity index (χ2v) is 6.51. The number of nitrogens with zero attached hydrogens (tertiary/aromatic N) is 1. The molecule has 0 amide bonds. The Kier molecular flexibility index (Phi) is 3.68. The minimum Gasteiger partial charge on any atom is -0.438 e. The summed E-state index contributed by atoms with van der Waals surface area (Å²) in [6.45, 7) is 0. The van der Waals surface area contributed by atoms with E-state index in [1.807, 2.05) is 6.07 Å². The van der Waals surface area contributed by atoms with E-state index in [0.717, 1.165) is 10.7 Å². The first-order chi connectivity index (χ1) is 8.47. The van der Waals surface area contributed by atoms with Crippen molar-refractivity contribution in [3.63, 3.8) is 0 Å². The molecule has 0 N–H and O–H groups in total. The Labute approximate surface area is 114 Å². The first-order valence-corrected chi connectivity index (χ1v) is 7.74. The van der Waals surface area contributed by atoms with E-state index in [9.17, 15) is 8.42 Å². The number of hydrogen-bond donors (Lipinski definition) is 0. The summed E-state index contributed by atoms with van der Waals surface area (Å²) in [5, 5.41) is 0. The van der Waals surface area contributed by atoms with Gasteiger partial charge in [-0.25, -0.2) is 13.4 Å². The van der Waals surface area contributed by atoms with Gasteiger partial charge >= 0.3 is 0 Å². The molecule has 0 saturated carbocycles. The summed E-state index contributed by atoms with van der Waals surface area (Å²) >= 11 is 3.32. The molecular weight excluding hydrogens is 318 g/mol. The molecule has 2 aromatic rings. The summed E-state index contributed by atoms with van der Waals surface area (Å²) < 4.78 is 28.8. The van der Waals surface area contributed by atoms with E-state index in [2.05, 4.69) is 20.9 Å². The summed E-state index contributed by atoms with van der Waals surface area (Å²) in [5.74, 6) is 0.964. The molecule has 6 heteroatoms. The second-order valence-electron chi connectivity index (χ2n) is 3.64. The van der Waals surface area contributed by atoms with Gasteiger partial charge in [-0.05, 0) is 52.3 Å². The van der Waals surface area contributed by atoms with Gasteiger partial charge in [-0.15, -0.1) is 0 Å². The fourth-order valence-corrected chi connectivity index (χ4v) is 2.28. The molecule has 0 aliphatic heterocycles. The van der Waals surface area contributed by atoms with Gasteiger partial charge in [0.2, 0.25) is 5.88 Å². The SMILES string of the molecule is CS(=O)(=O)c1ccc(Oc2ncccc2Br)cc1. The van der Waals surface area contributed by atoms with Crippen molar-refractivity contribution >= 4 is 25.8 Å². The third kappa shape index (κ3) is 3.08. The van der Waals surface area contributed by atoms with Crippen molar-refractivity contribution in [2.45, 2.75) is 4.90 Å². The molecule has 1 aromatic carbocycles. The summed E-state index contributed by atoms with van der Waals surface area (Å²) in [7, 11) is -3.18. The number of sulfone groups is 1. The maximum atomic E-state index is 11.3. The topological polar surface area (TPSA) is 56.3 Å². The van der Waals surface area contributed by atoms with Crippen LogP contribution in [0.1, 0.15) is 0 Å². The Bertz CT molecular complexity index is 653. The summed E-state index contributed by atoms with van der Waals surface area (Å²) in [6.07, 6.45) is 2.78. The minimum absolute atomic E-state index is 0.259. The van der Waals surface area contributed by atoms with Gasteiger partial charge in [-0.1, -0.05) is 0 Å². The molecule has 0 unspecified atom stereocenters. The Morgan fingerprint density at radius 1 is 1.17 bits per heavy atom. The lowest BCUT2D eigenvalue weighted by Crippen LogP contribution is -1.96. The Balaban J connectivity index is 2.24. The lowest BCUT2D eigenvalue weighted by molar-refractivity contribution is 0.459. The van der Waals surface area contributed by atoms with Gasteiger partial charge in [0.15, 0.2) is 9.84 Å². The number of hydrogen-bond acceptors (Lipinski definition) is 4. The summed E-state index contributed by atoms with van der Waals surface area (Å²) in [5.41, 5.74) is 0. The molecule has 2 rings (SSSR count). The van der Waals surface area contributed by atoms with Crippen LogP contribution in [0.25, 0.3) is 0 Å². The number of ether oxygens (including phenoxy) is 1. The first kappa shape index (κ1) is 13.0. The fraction of sp³-hybridized carbons (Fsp3) is 0.0833. The molecule has 0 fully saturated rings. The van der Waals surface area contributed by atoms with Gasteiger partial charge in [-0.2, -0.15) is 0 Å². The van der Waals surface area contributed by atoms with E-state index < -0.39 is 9.84 Å². The van der Waals surface area contributed by atoms with Crippen LogP contribution < -0.4 is 4.74 Å². The predicted octanol–water partition coefficient (Wildman–Crippen LogP) is 3.04. The Hall–Kier alpha value is -1.40. The molecule has 0 aliphatic carbocycles. The van der Waals surface area contributed by atoms with E-state index >= 15 is 0 Å². The average molecular weight is 328 g/mol. The Morgan fingerprint density at radius 2 is 1.83 bits per heavy atom. The van der Waals surface area contributed by atoms with Crippen molar-refractivity contribution < 1.29 is 13.2 Å². The van der Waals surface area contributed by atoms with Crippen LogP contribution in [-0.2, 0) is 9.84 Å². The average Bonchev–Trinajstić information content (AvgIpc) is 2.32. The largest absolute Gasteiger partial charge is 0.438 e. The van der Waals surface area contributed by atoms with E-state index in [4.69, 9.17) is 4.74 Å². The van der Waals surface area contributed by atoms with Crippen molar-refractivity contribution in [1.82, 2.24) is 4.98 Å². The predicted molar refractivity (Wildman–Crippen MR) is 71.6 cm³/mol. The molecule has 1 heterocycles. The van der Waals surface area contributed by atoms with Crippen LogP contribution in [0.5, 0.6) is 11.6 Å². The Morgan fingerprint density at radius 3 is 2.39 bits per heavy atom. The van der Waals surface area contributed by atoms with Crippen molar-refractivity contribution in [3.8, 4) is 11.6 Å². The third-order valence-corrected chi connectivity index (χ3v) is 3.92. The van der Waals surface area contributed by atoms with Crippen molar-refractivity contribution in [2.75, 3.05) is 6.26 Å². The maximum absolute atomic E-state index is 11.3. The van der Waals surface area contributed by atoms with E-state index in [0.29, 0.717) is 11.6 Å². The molecule has 0 atom stereocenters. The molecule has 1 aromatic heterocycles. The third-order valence-electron chi connectivity index (χ3n) is 2.19. The van der Waals surface area contributed by atoms with Crippen LogP contribution in [0.4, 0.5) is 0 Å². The summed E-state index contributed by atoms with van der Waals surface area (Å²) in [4.78, 5) is 4.32. The van der Waals surface area contributed by atoms with Gasteiger partial charge in [-0.3, -0.25) is 0 Å². The van der Waals surface area contributed by atoms with Gasteiger partial charge in [0.25, 0.3) is 0 Å². The zero-order chi connectivity index (χ0) is 13.2. The van der Waals surface area contributed by atoms with Gasteiger partial charge in [0.1, 0.15) is 5.75 Å². The zero-order valence-electron chi connectivity index (χ0n) is 9.50. The van der Waals surface area contributed by atoms with Crippen LogP contribution in [-0.4, -0.2) is 19.7 Å². The van der Waals surface area contributed by atoms with E-state index in [1.165, 1.54) is 12.1 Å². The highest BCUT2D eigenvalue weighted by Crippen LogP contribution is 2.27. The fourth-order valence-electron chi connectivity index (χ4n) is 1.31. The van der Waals surface area contributed by atoms with Crippen LogP contribution in [0, 0.1) is 0 Å². The van der Waals surface area contributed by atoms with Crippen molar-refractivity contribution in [1.29, 1.82) is 0 Å². The van der Waals surface area contributed by atoms with Crippen LogP contribution in [0.3, 0.4) is 0 Å². The van der Waals surface area contributed by atoms with Crippen molar-refractivity contribution in [2.24, 2.45) is 0 Å². The van der Waals surface area contributed by atoms with Crippen LogP contribution in [0.15, 0.2) is 52.0 Å². The standard InChI is InChI=1S/C12H10BrNO3S/c1-18(15,16)10-6-4-9(5-7-10)17-12-11(13)3-2-8-14-12/h2-8H,1H3. The molecule has 0 spiro atoms. The second kappa shape index (κ2) is 5.07. The number of rotatable bonds is 3. The normalized spacial score (nSPS) is 11.2. The molecule has 0 radical (unpaired) electrons.